The molecule has 0 radical (unpaired) electrons. The molecule has 1 fully saturated rings. The van der Waals surface area contributed by atoms with Crippen LogP contribution in [0.5, 0.6) is 0 Å². The van der Waals surface area contributed by atoms with Crippen molar-refractivity contribution in [1.29, 1.82) is 0 Å². The SMILES string of the molecule is C[As+](C)(C)C[C@H]1O[C@@H](OCC(O)COS(=O)(=O)O)[C@H](O)[C@@H]1O. The molecule has 1 aliphatic heterocycles. The molecule has 1 saturated heterocycles. The number of aliphatic hydroxyl groups excluding tert-OH is 3. The molecule has 4 N–H and O–H groups in total. The Labute approximate surface area is 132 Å². The van der Waals surface area contributed by atoms with Gasteiger partial charge in [0.25, 0.3) is 0 Å². The third-order valence-corrected chi connectivity index (χ3v) is 6.40. The van der Waals surface area contributed by atoms with E-state index in [9.17, 15) is 23.7 Å². The molecule has 0 aromatic heterocycles. The summed E-state index contributed by atoms with van der Waals surface area (Å²) >= 11 is -1.85. The van der Waals surface area contributed by atoms with Crippen molar-refractivity contribution >= 4 is 24.0 Å². The van der Waals surface area contributed by atoms with Crippen LogP contribution in [0.2, 0.25) is 22.3 Å². The fourth-order valence-corrected chi connectivity index (χ4v) is 5.19. The summed E-state index contributed by atoms with van der Waals surface area (Å²) in [5.41, 5.74) is 6.39. The molecule has 0 spiro atoms. The first-order chi connectivity index (χ1) is 9.89. The monoisotopic (exact) mass is 407 g/mol. The van der Waals surface area contributed by atoms with Crippen LogP contribution in [-0.2, 0) is 24.1 Å². The van der Waals surface area contributed by atoms with Crippen molar-refractivity contribution < 1.29 is 41.9 Å². The van der Waals surface area contributed by atoms with Gasteiger partial charge in [0, 0.05) is 0 Å². The third kappa shape index (κ3) is 7.20. The van der Waals surface area contributed by atoms with Gasteiger partial charge in [0.1, 0.15) is 0 Å². The summed E-state index contributed by atoms with van der Waals surface area (Å²) in [6.45, 7) is -1.07. The predicted molar refractivity (Wildman–Crippen MR) is 78.3 cm³/mol. The molecule has 0 aromatic carbocycles. The summed E-state index contributed by atoms with van der Waals surface area (Å²) in [4.78, 5) is 0. The Bertz CT molecular complexity index is 449. The van der Waals surface area contributed by atoms with Gasteiger partial charge in [-0.25, -0.2) is 0 Å². The van der Waals surface area contributed by atoms with Gasteiger partial charge in [-0.1, -0.05) is 0 Å². The Morgan fingerprint density at radius 3 is 2.27 bits per heavy atom. The van der Waals surface area contributed by atoms with Gasteiger partial charge in [-0.3, -0.25) is 0 Å². The maximum absolute atomic E-state index is 10.4. The van der Waals surface area contributed by atoms with Crippen LogP contribution >= 0.6 is 0 Å². The zero-order valence-electron chi connectivity index (χ0n) is 12.7. The van der Waals surface area contributed by atoms with E-state index in [1.165, 1.54) is 0 Å². The van der Waals surface area contributed by atoms with E-state index >= 15 is 0 Å². The van der Waals surface area contributed by atoms with Gasteiger partial charge in [0.05, 0.1) is 0 Å². The molecular weight excluding hydrogens is 383 g/mol. The molecule has 1 unspecified atom stereocenters. The summed E-state index contributed by atoms with van der Waals surface area (Å²) in [7, 11) is -4.64. The van der Waals surface area contributed by atoms with E-state index in [2.05, 4.69) is 21.3 Å². The first-order valence-electron chi connectivity index (χ1n) is 6.62. The van der Waals surface area contributed by atoms with Crippen molar-refractivity contribution in [1.82, 2.24) is 0 Å². The molecule has 0 aromatic rings. The average molecular weight is 407 g/mol. The number of aliphatic hydroxyl groups is 3. The van der Waals surface area contributed by atoms with E-state index in [0.717, 1.165) is 0 Å². The Hall–Kier alpha value is 0.228. The fraction of sp³-hybridized carbons (Fsp3) is 1.00. The number of ether oxygens (including phenoxy) is 2. The Morgan fingerprint density at radius 1 is 1.18 bits per heavy atom. The summed E-state index contributed by atoms with van der Waals surface area (Å²) in [6.07, 6.45) is -5.30. The first-order valence-corrected chi connectivity index (χ1v) is 14.9. The maximum atomic E-state index is 10.4. The van der Waals surface area contributed by atoms with Crippen LogP contribution in [0, 0.1) is 0 Å². The second-order valence-electron chi connectivity index (χ2n) is 6.20. The van der Waals surface area contributed by atoms with Gasteiger partial charge < -0.3 is 0 Å². The average Bonchev–Trinajstić information content (AvgIpc) is 2.59. The Morgan fingerprint density at radius 2 is 1.77 bits per heavy atom. The third-order valence-electron chi connectivity index (χ3n) is 2.91. The molecule has 132 valence electrons. The topological polar surface area (TPSA) is 143 Å². The summed E-state index contributed by atoms with van der Waals surface area (Å²) in [6, 6.07) is 0. The van der Waals surface area contributed by atoms with Crippen LogP contribution in [0.25, 0.3) is 0 Å². The van der Waals surface area contributed by atoms with E-state index in [4.69, 9.17) is 14.0 Å². The molecule has 1 aliphatic rings. The van der Waals surface area contributed by atoms with Crippen LogP contribution in [0.3, 0.4) is 0 Å². The molecule has 5 atom stereocenters. The Balaban J connectivity index is 2.43. The molecule has 22 heavy (non-hydrogen) atoms. The van der Waals surface area contributed by atoms with Gasteiger partial charge in [0.2, 0.25) is 0 Å². The van der Waals surface area contributed by atoms with Gasteiger partial charge in [-0.2, -0.15) is 0 Å². The van der Waals surface area contributed by atoms with E-state index in [0.29, 0.717) is 5.21 Å². The molecule has 0 amide bonds. The van der Waals surface area contributed by atoms with E-state index in [-0.39, 0.29) is 6.61 Å². The summed E-state index contributed by atoms with van der Waals surface area (Å²) < 4.78 is 43.7. The molecule has 0 saturated carbocycles. The zero-order chi connectivity index (χ0) is 17.1. The predicted octanol–water partition coefficient (Wildman–Crippen LogP) is -1.03. The van der Waals surface area contributed by atoms with Crippen LogP contribution in [-0.4, -0.2) is 85.8 Å². The molecule has 1 rings (SSSR count). The van der Waals surface area contributed by atoms with Crippen LogP contribution in [0.1, 0.15) is 0 Å². The molecule has 1 heterocycles. The fourth-order valence-electron chi connectivity index (χ4n) is 1.96. The number of hydrogen-bond donors (Lipinski definition) is 4. The molecule has 0 aliphatic carbocycles. The quantitative estimate of drug-likeness (QED) is 0.293. The minimum absolute atomic E-state index is 0.383. The molecular formula is C11H24AsO9S+. The van der Waals surface area contributed by atoms with Crippen molar-refractivity contribution in [2.45, 2.75) is 53.0 Å². The second kappa shape index (κ2) is 7.87. The number of hydrogen-bond acceptors (Lipinski definition) is 8. The first kappa shape index (κ1) is 20.3. The molecule has 11 heteroatoms. The van der Waals surface area contributed by atoms with Crippen molar-refractivity contribution in [2.24, 2.45) is 0 Å². The minimum atomic E-state index is -4.64. The van der Waals surface area contributed by atoms with E-state index in [1.54, 1.807) is 0 Å². The van der Waals surface area contributed by atoms with Crippen LogP contribution < -0.4 is 0 Å². The molecule has 0 bridgehead atoms. The molecule has 9 nitrogen and oxygen atoms in total. The van der Waals surface area contributed by atoms with E-state index in [1.807, 2.05) is 0 Å². The van der Waals surface area contributed by atoms with Gasteiger partial charge in [-0.15, -0.1) is 0 Å². The van der Waals surface area contributed by atoms with Crippen molar-refractivity contribution in [3.63, 3.8) is 0 Å². The standard InChI is InChI=1S/C11H23AsO9S/c1-12(2,3)4-8-9(14)10(15)11(21-8)19-5-7(13)6-20-22(16,17)18/h7-11,13-15H,4-6H2,1-3H3/p+1/t7?,8-,9-,10-,11-/m1/s1. The summed E-state index contributed by atoms with van der Waals surface area (Å²) in [5, 5.41) is 29.9. The Kier molecular flexibility index (Phi) is 7.25. The van der Waals surface area contributed by atoms with Gasteiger partial charge in [-0.05, 0) is 0 Å². The van der Waals surface area contributed by atoms with Crippen molar-refractivity contribution in [2.75, 3.05) is 13.2 Å². The van der Waals surface area contributed by atoms with Crippen LogP contribution in [0.15, 0.2) is 0 Å². The number of rotatable bonds is 8. The van der Waals surface area contributed by atoms with Crippen molar-refractivity contribution in [3.8, 4) is 0 Å². The van der Waals surface area contributed by atoms with E-state index < -0.39 is 61.3 Å². The zero-order valence-corrected chi connectivity index (χ0v) is 15.4. The van der Waals surface area contributed by atoms with Gasteiger partial charge in [0.15, 0.2) is 0 Å². The normalized spacial score (nSPS) is 31.4. The van der Waals surface area contributed by atoms with Crippen molar-refractivity contribution in [3.05, 3.63) is 0 Å². The summed E-state index contributed by atoms with van der Waals surface area (Å²) in [5.74, 6) is 0. The second-order valence-corrected chi connectivity index (χ2v) is 17.7. The van der Waals surface area contributed by atoms with Gasteiger partial charge >= 0.3 is 132 Å². The van der Waals surface area contributed by atoms with Crippen LogP contribution in [0.4, 0.5) is 0 Å².